The molecule has 0 aliphatic carbocycles. The zero-order valence-corrected chi connectivity index (χ0v) is 36.1. The van der Waals surface area contributed by atoms with Gasteiger partial charge in [-0.2, -0.15) is 27.7 Å². The monoisotopic (exact) mass is 996 g/mol. The fourth-order valence-electron chi connectivity index (χ4n) is 6.18. The van der Waals surface area contributed by atoms with Crippen LogP contribution in [0.25, 0.3) is 0 Å². The molecular formula is C32H52N8O5W2-2. The average Bonchev–Trinajstić information content (AvgIpc) is 3.33. The zero-order chi connectivity index (χ0) is 34.9. The van der Waals surface area contributed by atoms with Gasteiger partial charge in [-0.05, 0) is 26.7 Å². The van der Waals surface area contributed by atoms with Crippen LogP contribution in [0.2, 0.25) is 0 Å². The van der Waals surface area contributed by atoms with Crippen LogP contribution in [0.4, 0.5) is 11.6 Å². The summed E-state index contributed by atoms with van der Waals surface area (Å²) in [6.45, 7) is 19.1. The maximum Gasteiger partial charge on any atom is 0.326 e. The molecule has 0 saturated carbocycles. The van der Waals surface area contributed by atoms with Crippen LogP contribution in [0.15, 0.2) is 9.59 Å². The van der Waals surface area contributed by atoms with Gasteiger partial charge < -0.3 is 26.0 Å². The number of aliphatic carboxylic acids is 1. The number of hydrogen-bond acceptors (Lipinski definition) is 9. The van der Waals surface area contributed by atoms with Crippen LogP contribution in [0, 0.1) is 25.9 Å². The van der Waals surface area contributed by atoms with E-state index in [9.17, 15) is 24.3 Å². The molecule has 264 valence electrons. The summed E-state index contributed by atoms with van der Waals surface area (Å²) in [4.78, 5) is 61.3. The first kappa shape index (κ1) is 44.6. The molecule has 0 saturated heterocycles. The number of nitrogens with zero attached hydrogens (tertiary/aromatic N) is 6. The van der Waals surface area contributed by atoms with E-state index >= 15 is 0 Å². The minimum atomic E-state index is -0.968. The molecule has 1 amide bonds. The number of nitrogens with two attached hydrogens (primary N) is 1. The van der Waals surface area contributed by atoms with Crippen molar-refractivity contribution in [3.05, 3.63) is 55.6 Å². The van der Waals surface area contributed by atoms with Crippen molar-refractivity contribution in [2.75, 3.05) is 38.0 Å². The van der Waals surface area contributed by atoms with Crippen LogP contribution in [-0.2, 0) is 62.5 Å². The molecule has 0 spiro atoms. The van der Waals surface area contributed by atoms with Crippen molar-refractivity contribution in [2.45, 2.75) is 105 Å². The number of hydrogen-bond donors (Lipinski definition) is 3. The maximum atomic E-state index is 12.8. The Balaban J connectivity index is 0.000000784. The maximum absolute atomic E-state index is 12.8. The number of carboxylic acids is 1. The first-order valence-electron chi connectivity index (χ1n) is 15.0. The van der Waals surface area contributed by atoms with E-state index in [0.717, 1.165) is 34.9 Å². The summed E-state index contributed by atoms with van der Waals surface area (Å²) >= 11 is 0. The molecule has 0 aromatic carbocycles. The van der Waals surface area contributed by atoms with Crippen molar-refractivity contribution in [2.24, 2.45) is 5.73 Å². The Bertz CT molecular complexity index is 1540. The minimum absolute atomic E-state index is 0. The number of aromatic nitrogens is 4. The van der Waals surface area contributed by atoms with Crippen molar-refractivity contribution < 1.29 is 56.8 Å². The second-order valence-electron chi connectivity index (χ2n) is 14.0. The third-order valence-electron chi connectivity index (χ3n) is 7.66. The van der Waals surface area contributed by atoms with Gasteiger partial charge in [-0.25, -0.2) is 20.8 Å². The molecule has 15 heteroatoms. The predicted molar refractivity (Wildman–Crippen MR) is 178 cm³/mol. The van der Waals surface area contributed by atoms with Crippen molar-refractivity contribution in [1.82, 2.24) is 24.4 Å². The summed E-state index contributed by atoms with van der Waals surface area (Å²) in [6, 6.07) is 0.439. The minimum Gasteiger partial charge on any atom is -0.501 e. The number of carbonyl (C=O) groups is 2. The standard InChI is InChI=1S/C16H25N4O2.C13H19N3O3.C3H8N.2W/c1-9(2)17-14(21)11-8-16(4,5)12-10(3)18-13(19(6)7)15(22)20(11)12;1-7-9-13(2,3)6-8(12(18)19)16(9)11(17)10(14-7)15(4)5;1-3(2)4;;/h11H,8H2,1-7H3,(H,17,21);8H,6H2,1-5H3,(H,18,19);4H2,1-2H3;;/q-1;;-1;;/t11-;8-;;;/m00.../s1. The van der Waals surface area contributed by atoms with Gasteiger partial charge in [-0.3, -0.25) is 29.6 Å². The van der Waals surface area contributed by atoms with Gasteiger partial charge in [-0.15, -0.1) is 0 Å². The molecular weight excluding hydrogens is 944 g/mol. The molecule has 0 unspecified atom stereocenters. The molecule has 4 rings (SSSR count). The summed E-state index contributed by atoms with van der Waals surface area (Å²) in [6.07, 6.45) is 1.01. The number of fused-ring (bicyclic) bond motifs is 2. The molecule has 4 N–H and O–H groups in total. The van der Waals surface area contributed by atoms with E-state index < -0.39 is 18.1 Å². The molecule has 2 aromatic rings. The van der Waals surface area contributed by atoms with E-state index in [1.165, 1.54) is 4.57 Å². The van der Waals surface area contributed by atoms with Crippen LogP contribution in [0.3, 0.4) is 0 Å². The Morgan fingerprint density at radius 1 is 0.809 bits per heavy atom. The Morgan fingerprint density at radius 3 is 1.43 bits per heavy atom. The van der Waals surface area contributed by atoms with Gasteiger partial charge in [0.1, 0.15) is 12.1 Å². The number of anilines is 2. The normalized spacial score (nSPS) is 17.9. The van der Waals surface area contributed by atoms with Crippen molar-refractivity contribution in [3.8, 4) is 0 Å². The van der Waals surface area contributed by atoms with Gasteiger partial charge in [0.05, 0.1) is 11.4 Å². The van der Waals surface area contributed by atoms with Gasteiger partial charge in [0.2, 0.25) is 5.91 Å². The van der Waals surface area contributed by atoms with E-state index in [-0.39, 0.29) is 75.8 Å². The molecule has 0 radical (unpaired) electrons. The summed E-state index contributed by atoms with van der Waals surface area (Å²) in [7, 11) is 7.03. The van der Waals surface area contributed by atoms with E-state index in [4.69, 9.17) is 5.73 Å². The SMILES string of the molecule is C[C-](C)N.Cc1nc(N(C)C)c(=O)n2c1C(C)(C)C[C@H]2C(=O)N[C-](C)C.Cc1nc(N(C)C)c(=O)n2c1C(C)(C)C[C@H]2C(=O)O.[W].[W]. The summed E-state index contributed by atoms with van der Waals surface area (Å²) in [5.41, 5.74) is 6.99. The third kappa shape index (κ3) is 9.85. The first-order chi connectivity index (χ1) is 20.5. The summed E-state index contributed by atoms with van der Waals surface area (Å²) < 4.78 is 3.04. The molecule has 0 bridgehead atoms. The molecule has 2 aliphatic heterocycles. The molecule has 4 heterocycles. The Labute approximate surface area is 307 Å². The molecule has 13 nitrogen and oxygen atoms in total. The largest absolute Gasteiger partial charge is 0.501 e. The van der Waals surface area contributed by atoms with Crippen LogP contribution in [0.5, 0.6) is 0 Å². The first-order valence-corrected chi connectivity index (χ1v) is 15.0. The number of amides is 1. The summed E-state index contributed by atoms with van der Waals surface area (Å²) in [5, 5.41) is 12.2. The van der Waals surface area contributed by atoms with Gasteiger partial charge >= 0.3 is 5.97 Å². The van der Waals surface area contributed by atoms with Crippen LogP contribution < -0.4 is 32.0 Å². The van der Waals surface area contributed by atoms with Crippen molar-refractivity contribution in [3.63, 3.8) is 0 Å². The fourth-order valence-corrected chi connectivity index (χ4v) is 6.18. The van der Waals surface area contributed by atoms with Gasteiger partial charge in [0.25, 0.3) is 11.1 Å². The van der Waals surface area contributed by atoms with E-state index in [1.54, 1.807) is 42.6 Å². The number of carboxylic acid groups (broad SMARTS) is 1. The molecule has 2 atom stereocenters. The van der Waals surface area contributed by atoms with Crippen LogP contribution in [-0.4, -0.2) is 64.3 Å². The molecule has 2 aromatic heterocycles. The molecule has 0 fully saturated rings. The van der Waals surface area contributed by atoms with Gasteiger partial charge in [0.15, 0.2) is 11.6 Å². The van der Waals surface area contributed by atoms with Gasteiger partial charge in [-0.1, -0.05) is 27.7 Å². The predicted octanol–water partition coefficient (Wildman–Crippen LogP) is 2.96. The Morgan fingerprint density at radius 2 is 1.13 bits per heavy atom. The van der Waals surface area contributed by atoms with Crippen molar-refractivity contribution >= 4 is 23.5 Å². The quantitative estimate of drug-likeness (QED) is 0.379. The average molecular weight is 996 g/mol. The van der Waals surface area contributed by atoms with E-state index in [1.807, 2.05) is 55.4 Å². The smallest absolute Gasteiger partial charge is 0.326 e. The van der Waals surface area contributed by atoms with E-state index in [2.05, 4.69) is 29.1 Å². The Hall–Kier alpha value is -2.36. The summed E-state index contributed by atoms with van der Waals surface area (Å²) in [5.74, 6) is -0.451. The molecule has 47 heavy (non-hydrogen) atoms. The van der Waals surface area contributed by atoms with E-state index in [0.29, 0.717) is 18.7 Å². The number of aryl methyl sites for hydroxylation is 2. The number of nitrogens with one attached hydrogen (secondary N) is 1. The zero-order valence-electron chi connectivity index (χ0n) is 30.2. The third-order valence-corrected chi connectivity index (χ3v) is 7.66. The fraction of sp³-hybridized carbons (Fsp3) is 0.625. The van der Waals surface area contributed by atoms with Crippen LogP contribution in [0.1, 0.15) is 103 Å². The number of rotatable bonds is 5. The Kier molecular flexibility index (Phi) is 16.0. The second-order valence-corrected chi connectivity index (χ2v) is 14.0. The van der Waals surface area contributed by atoms with Crippen molar-refractivity contribution in [1.29, 1.82) is 0 Å². The van der Waals surface area contributed by atoms with Gasteiger partial charge in [0, 0.05) is 92.5 Å². The topological polar surface area (TPSA) is 169 Å². The number of carbonyl (C=O) groups excluding carboxylic acids is 1. The van der Waals surface area contributed by atoms with Crippen LogP contribution >= 0.6 is 0 Å². The second kappa shape index (κ2) is 16.8. The molecule has 2 aliphatic rings.